The molecule has 2 unspecified atom stereocenters. The second kappa shape index (κ2) is 7.27. The number of nitrogens with zero attached hydrogens (tertiary/aromatic N) is 1. The van der Waals surface area contributed by atoms with Gasteiger partial charge in [0.1, 0.15) is 5.75 Å². The van der Waals surface area contributed by atoms with Crippen LogP contribution in [-0.4, -0.2) is 37.0 Å². The van der Waals surface area contributed by atoms with E-state index < -0.39 is 0 Å². The molecule has 140 valence electrons. The number of hydrogen-bond acceptors (Lipinski definition) is 4. The average molecular weight is 357 g/mol. The van der Waals surface area contributed by atoms with Crippen molar-refractivity contribution in [3.05, 3.63) is 24.3 Å². The number of amides is 2. The minimum atomic E-state index is -0.1000. The molecule has 0 aromatic heterocycles. The van der Waals surface area contributed by atoms with Gasteiger partial charge in [-0.15, -0.1) is 0 Å². The summed E-state index contributed by atoms with van der Waals surface area (Å²) in [6, 6.07) is 8.00. The van der Waals surface area contributed by atoms with E-state index in [1.807, 2.05) is 24.3 Å². The molecule has 0 spiro atoms. The fourth-order valence-corrected chi connectivity index (χ4v) is 4.90. The van der Waals surface area contributed by atoms with Crippen molar-refractivity contribution in [1.82, 2.24) is 5.32 Å². The molecule has 1 aromatic carbocycles. The van der Waals surface area contributed by atoms with Crippen LogP contribution < -0.4 is 20.7 Å². The van der Waals surface area contributed by atoms with E-state index in [0.717, 1.165) is 31.4 Å². The second-order valence-electron chi connectivity index (χ2n) is 7.83. The van der Waals surface area contributed by atoms with Crippen molar-refractivity contribution >= 4 is 17.5 Å². The summed E-state index contributed by atoms with van der Waals surface area (Å²) in [4.78, 5) is 26.4. The van der Waals surface area contributed by atoms with Gasteiger partial charge in [-0.1, -0.05) is 18.6 Å². The van der Waals surface area contributed by atoms with Gasteiger partial charge in [-0.2, -0.15) is 0 Å². The Hall–Kier alpha value is -2.08. The first kappa shape index (κ1) is 17.3. The highest BCUT2D eigenvalue weighted by Crippen LogP contribution is 2.39. The Morgan fingerprint density at radius 3 is 2.73 bits per heavy atom. The highest BCUT2D eigenvalue weighted by molar-refractivity contribution is 5.98. The Morgan fingerprint density at radius 1 is 1.23 bits per heavy atom. The number of carbonyl (C=O) groups is 2. The molecule has 0 saturated heterocycles. The van der Waals surface area contributed by atoms with E-state index in [1.54, 1.807) is 4.90 Å². The van der Waals surface area contributed by atoms with E-state index in [-0.39, 0.29) is 30.5 Å². The first-order chi connectivity index (χ1) is 12.6. The van der Waals surface area contributed by atoms with Crippen LogP contribution in [0.3, 0.4) is 0 Å². The third-order valence-electron chi connectivity index (χ3n) is 6.07. The molecule has 2 saturated carbocycles. The van der Waals surface area contributed by atoms with Gasteiger partial charge in [0.2, 0.25) is 5.91 Å². The van der Waals surface area contributed by atoms with E-state index in [4.69, 9.17) is 10.5 Å². The van der Waals surface area contributed by atoms with Crippen molar-refractivity contribution in [2.24, 2.45) is 17.6 Å². The van der Waals surface area contributed by atoms with E-state index in [0.29, 0.717) is 30.6 Å². The summed E-state index contributed by atoms with van der Waals surface area (Å²) in [5, 5.41) is 3.26. The molecule has 3 N–H and O–H groups in total. The summed E-state index contributed by atoms with van der Waals surface area (Å²) in [6.07, 6.45) is 5.89. The second-order valence-corrected chi connectivity index (χ2v) is 7.83. The van der Waals surface area contributed by atoms with Crippen molar-refractivity contribution in [2.45, 2.75) is 50.6 Å². The number of fused-ring (bicyclic) bond motifs is 3. The summed E-state index contributed by atoms with van der Waals surface area (Å²) < 4.78 is 5.45. The maximum absolute atomic E-state index is 12.6. The van der Waals surface area contributed by atoms with E-state index >= 15 is 0 Å². The summed E-state index contributed by atoms with van der Waals surface area (Å²) >= 11 is 0. The lowest BCUT2D eigenvalue weighted by molar-refractivity contribution is -0.123. The zero-order chi connectivity index (χ0) is 18.1. The normalized spacial score (nSPS) is 30.3. The molecule has 26 heavy (non-hydrogen) atoms. The Morgan fingerprint density at radius 2 is 1.96 bits per heavy atom. The zero-order valence-electron chi connectivity index (χ0n) is 15.0. The monoisotopic (exact) mass is 357 g/mol. The van der Waals surface area contributed by atoms with Gasteiger partial charge in [-0.25, -0.2) is 0 Å². The van der Waals surface area contributed by atoms with E-state index in [1.165, 1.54) is 6.42 Å². The topological polar surface area (TPSA) is 84.7 Å². The fourth-order valence-electron chi connectivity index (χ4n) is 4.90. The number of ether oxygens (including phenoxy) is 1. The molecule has 1 aromatic rings. The summed E-state index contributed by atoms with van der Waals surface area (Å²) in [5.74, 6) is 1.64. The highest BCUT2D eigenvalue weighted by atomic mass is 16.5. The molecule has 2 aliphatic carbocycles. The van der Waals surface area contributed by atoms with Gasteiger partial charge in [0.15, 0.2) is 6.61 Å². The number of para-hydroxylation sites is 2. The largest absolute Gasteiger partial charge is 0.482 e. The first-order valence-electron chi connectivity index (χ1n) is 9.69. The lowest BCUT2D eigenvalue weighted by Gasteiger charge is -2.45. The van der Waals surface area contributed by atoms with Crippen LogP contribution in [-0.2, 0) is 9.59 Å². The molecule has 2 atom stereocenters. The number of hydrogen-bond donors (Lipinski definition) is 2. The van der Waals surface area contributed by atoms with E-state index in [2.05, 4.69) is 5.32 Å². The lowest BCUT2D eigenvalue weighted by Crippen LogP contribution is -2.54. The quantitative estimate of drug-likeness (QED) is 0.861. The number of nitrogens with two attached hydrogens (primary N) is 1. The van der Waals surface area contributed by atoms with Crippen LogP contribution in [0.15, 0.2) is 24.3 Å². The molecule has 0 radical (unpaired) electrons. The van der Waals surface area contributed by atoms with Gasteiger partial charge in [0.05, 0.1) is 5.69 Å². The molecule has 2 bridgehead atoms. The van der Waals surface area contributed by atoms with Crippen molar-refractivity contribution in [2.75, 3.05) is 18.1 Å². The molecular formula is C20H27N3O3. The Bertz CT molecular complexity index is 679. The molecule has 4 rings (SSSR count). The van der Waals surface area contributed by atoms with Gasteiger partial charge in [-0.05, 0) is 49.7 Å². The van der Waals surface area contributed by atoms with Crippen LogP contribution in [0.25, 0.3) is 0 Å². The maximum atomic E-state index is 12.6. The van der Waals surface area contributed by atoms with E-state index in [9.17, 15) is 9.59 Å². The lowest BCUT2D eigenvalue weighted by atomic mass is 9.67. The van der Waals surface area contributed by atoms with Gasteiger partial charge in [-0.3, -0.25) is 9.59 Å². The Labute approximate surface area is 154 Å². The van der Waals surface area contributed by atoms with Crippen molar-refractivity contribution in [3.63, 3.8) is 0 Å². The molecule has 1 heterocycles. The molecular weight excluding hydrogens is 330 g/mol. The number of carbonyl (C=O) groups excluding carboxylic acids is 2. The SMILES string of the molecule is NC1CC2CCCC(C1)C2NC(=O)CCN1C(=O)COc2ccccc21. The standard InChI is InChI=1S/C20H27N3O3/c21-15-10-13-4-3-5-14(11-15)20(13)22-18(24)8-9-23-16-6-1-2-7-17(16)26-12-19(23)25/h1-2,6-7,13-15,20H,3-5,8-12,21H2,(H,22,24). The van der Waals surface area contributed by atoms with Crippen molar-refractivity contribution in [3.8, 4) is 5.75 Å². The molecule has 3 aliphatic rings. The Kier molecular flexibility index (Phi) is 4.85. The van der Waals surface area contributed by atoms with Gasteiger partial charge in [0, 0.05) is 25.0 Å². The van der Waals surface area contributed by atoms with Crippen molar-refractivity contribution in [1.29, 1.82) is 0 Å². The van der Waals surface area contributed by atoms with Crippen LogP contribution in [0.1, 0.15) is 38.5 Å². The first-order valence-corrected chi connectivity index (χ1v) is 9.69. The fraction of sp³-hybridized carbons (Fsp3) is 0.600. The minimum Gasteiger partial charge on any atom is -0.482 e. The number of rotatable bonds is 4. The molecule has 1 aliphatic heterocycles. The number of anilines is 1. The van der Waals surface area contributed by atoms with Gasteiger partial charge < -0.3 is 20.7 Å². The van der Waals surface area contributed by atoms with Gasteiger partial charge in [0.25, 0.3) is 5.91 Å². The smallest absolute Gasteiger partial charge is 0.265 e. The van der Waals surface area contributed by atoms with Crippen LogP contribution in [0, 0.1) is 11.8 Å². The minimum absolute atomic E-state index is 0.0270. The predicted molar refractivity (Wildman–Crippen MR) is 98.9 cm³/mol. The summed E-state index contributed by atoms with van der Waals surface area (Å²) in [6.45, 7) is 0.413. The third-order valence-corrected chi connectivity index (χ3v) is 6.07. The number of nitrogens with one attached hydrogen (secondary N) is 1. The molecule has 2 amide bonds. The Balaban J connectivity index is 1.37. The predicted octanol–water partition coefficient (Wildman–Crippen LogP) is 1.82. The summed E-state index contributed by atoms with van der Waals surface area (Å²) in [7, 11) is 0. The maximum Gasteiger partial charge on any atom is 0.265 e. The van der Waals surface area contributed by atoms with Crippen LogP contribution in [0.2, 0.25) is 0 Å². The van der Waals surface area contributed by atoms with Crippen LogP contribution in [0.5, 0.6) is 5.75 Å². The van der Waals surface area contributed by atoms with Crippen molar-refractivity contribution < 1.29 is 14.3 Å². The number of benzene rings is 1. The third kappa shape index (κ3) is 3.43. The van der Waals surface area contributed by atoms with Gasteiger partial charge >= 0.3 is 0 Å². The van der Waals surface area contributed by atoms with Crippen LogP contribution in [0.4, 0.5) is 5.69 Å². The zero-order valence-corrected chi connectivity index (χ0v) is 15.0. The summed E-state index contributed by atoms with van der Waals surface area (Å²) in [5.41, 5.74) is 6.91. The molecule has 6 heteroatoms. The average Bonchev–Trinajstić information content (AvgIpc) is 2.61. The van der Waals surface area contributed by atoms with Crippen LogP contribution >= 0.6 is 0 Å². The molecule has 2 fully saturated rings. The molecule has 6 nitrogen and oxygen atoms in total. The highest BCUT2D eigenvalue weighted by Gasteiger charge is 2.39.